The SMILES string of the molecule is C1=C(c2ccc(-c3ccccc3)cc2)NC(c2ccccc2)=NC1c1cc(-c2ccc3oc4ccccc4c3c2)cc(-c2ccc3ccc4cccnc4c3n2)c1. The van der Waals surface area contributed by atoms with E-state index in [-0.39, 0.29) is 6.04 Å². The Morgan fingerprint density at radius 3 is 1.96 bits per heavy atom. The molecule has 57 heavy (non-hydrogen) atoms. The molecule has 0 saturated heterocycles. The summed E-state index contributed by atoms with van der Waals surface area (Å²) in [4.78, 5) is 15.4. The number of rotatable bonds is 6. The maximum atomic E-state index is 6.22. The lowest BCUT2D eigenvalue weighted by Gasteiger charge is -2.24. The Morgan fingerprint density at radius 2 is 1.12 bits per heavy atom. The van der Waals surface area contributed by atoms with Gasteiger partial charge < -0.3 is 9.73 Å². The van der Waals surface area contributed by atoms with E-state index in [1.807, 2.05) is 36.5 Å². The van der Waals surface area contributed by atoms with Gasteiger partial charge in [0.1, 0.15) is 17.0 Å². The van der Waals surface area contributed by atoms with E-state index >= 15 is 0 Å². The Balaban J connectivity index is 1.09. The number of hydrogen-bond acceptors (Lipinski definition) is 5. The summed E-state index contributed by atoms with van der Waals surface area (Å²) in [5.74, 6) is 0.824. The number of benzene rings is 7. The zero-order valence-electron chi connectivity index (χ0n) is 30.8. The highest BCUT2D eigenvalue weighted by molar-refractivity contribution is 6.07. The monoisotopic (exact) mass is 730 g/mol. The number of nitrogens with one attached hydrogen (secondary N) is 1. The van der Waals surface area contributed by atoms with Gasteiger partial charge in [-0.15, -0.1) is 0 Å². The number of nitrogens with zero attached hydrogens (tertiary/aromatic N) is 3. The van der Waals surface area contributed by atoms with Crippen LogP contribution in [0.1, 0.15) is 22.7 Å². The lowest BCUT2D eigenvalue weighted by Crippen LogP contribution is -2.27. The van der Waals surface area contributed by atoms with E-state index in [2.05, 4.69) is 163 Å². The molecule has 0 radical (unpaired) electrons. The zero-order chi connectivity index (χ0) is 37.7. The molecule has 0 saturated carbocycles. The molecule has 11 rings (SSSR count). The van der Waals surface area contributed by atoms with Crippen LogP contribution in [0.15, 0.2) is 204 Å². The van der Waals surface area contributed by atoms with Gasteiger partial charge in [0, 0.05) is 44.6 Å². The Bertz CT molecular complexity index is 3200. The molecular formula is C52H34N4O. The minimum Gasteiger partial charge on any atom is -0.456 e. The number of aliphatic imine (C=N–C) groups is 1. The van der Waals surface area contributed by atoms with Crippen LogP contribution in [-0.2, 0) is 0 Å². The number of fused-ring (bicyclic) bond motifs is 6. The summed E-state index contributed by atoms with van der Waals surface area (Å²) >= 11 is 0. The van der Waals surface area contributed by atoms with E-state index in [0.717, 1.165) is 94.4 Å². The fraction of sp³-hybridized carbons (Fsp3) is 0.0192. The fourth-order valence-electron chi connectivity index (χ4n) is 8.02. The molecule has 10 aromatic rings. The summed E-state index contributed by atoms with van der Waals surface area (Å²) in [5.41, 5.74) is 14.1. The van der Waals surface area contributed by atoms with E-state index in [9.17, 15) is 0 Å². The van der Waals surface area contributed by atoms with Gasteiger partial charge in [0.2, 0.25) is 0 Å². The summed E-state index contributed by atoms with van der Waals surface area (Å²) in [5, 5.41) is 8.00. The van der Waals surface area contributed by atoms with Crippen molar-refractivity contribution >= 4 is 55.3 Å². The van der Waals surface area contributed by atoms with Crippen molar-refractivity contribution in [1.29, 1.82) is 0 Å². The highest BCUT2D eigenvalue weighted by Gasteiger charge is 2.22. The van der Waals surface area contributed by atoms with Crippen LogP contribution in [0.4, 0.5) is 0 Å². The van der Waals surface area contributed by atoms with Crippen LogP contribution in [0.5, 0.6) is 0 Å². The Morgan fingerprint density at radius 1 is 0.456 bits per heavy atom. The van der Waals surface area contributed by atoms with Crippen LogP contribution in [-0.4, -0.2) is 15.8 Å². The van der Waals surface area contributed by atoms with Crippen molar-refractivity contribution in [2.24, 2.45) is 4.99 Å². The van der Waals surface area contributed by atoms with Crippen LogP contribution >= 0.6 is 0 Å². The molecule has 1 aliphatic rings. The van der Waals surface area contributed by atoms with Gasteiger partial charge in [-0.25, -0.2) is 4.98 Å². The molecule has 1 unspecified atom stereocenters. The van der Waals surface area contributed by atoms with E-state index < -0.39 is 0 Å². The normalized spacial score (nSPS) is 14.1. The third kappa shape index (κ3) is 6.03. The third-order valence-electron chi connectivity index (χ3n) is 10.9. The first-order valence-corrected chi connectivity index (χ1v) is 19.2. The first kappa shape index (κ1) is 32.8. The van der Waals surface area contributed by atoms with E-state index in [1.165, 1.54) is 11.1 Å². The van der Waals surface area contributed by atoms with Gasteiger partial charge in [-0.05, 0) is 88.0 Å². The predicted octanol–water partition coefficient (Wildman–Crippen LogP) is 12.8. The third-order valence-corrected chi connectivity index (χ3v) is 10.9. The van der Waals surface area contributed by atoms with Gasteiger partial charge in [0.25, 0.3) is 0 Å². The lowest BCUT2D eigenvalue weighted by molar-refractivity contribution is 0.669. The molecule has 5 nitrogen and oxygen atoms in total. The highest BCUT2D eigenvalue weighted by Crippen LogP contribution is 2.38. The molecule has 1 aliphatic heterocycles. The van der Waals surface area contributed by atoms with Crippen LogP contribution in [0.25, 0.3) is 83.0 Å². The number of hydrogen-bond donors (Lipinski definition) is 1. The molecule has 7 aromatic carbocycles. The molecule has 0 spiro atoms. The van der Waals surface area contributed by atoms with E-state index in [1.54, 1.807) is 0 Å². The van der Waals surface area contributed by atoms with Gasteiger partial charge in [0.05, 0.1) is 22.8 Å². The molecule has 0 fully saturated rings. The van der Waals surface area contributed by atoms with Crippen molar-refractivity contribution in [3.63, 3.8) is 0 Å². The highest BCUT2D eigenvalue weighted by atomic mass is 16.3. The van der Waals surface area contributed by atoms with Crippen molar-refractivity contribution in [2.45, 2.75) is 6.04 Å². The molecular weight excluding hydrogens is 697 g/mol. The van der Waals surface area contributed by atoms with Gasteiger partial charge in [-0.3, -0.25) is 9.98 Å². The van der Waals surface area contributed by atoms with Crippen molar-refractivity contribution in [2.75, 3.05) is 0 Å². The lowest BCUT2D eigenvalue weighted by atomic mass is 9.92. The Kier molecular flexibility index (Phi) is 7.81. The van der Waals surface area contributed by atoms with Crippen LogP contribution in [0, 0.1) is 0 Å². The van der Waals surface area contributed by atoms with Gasteiger partial charge in [-0.2, -0.15) is 0 Å². The second kappa shape index (κ2) is 13.6. The van der Waals surface area contributed by atoms with Crippen LogP contribution < -0.4 is 5.32 Å². The largest absolute Gasteiger partial charge is 0.456 e. The summed E-state index contributed by atoms with van der Waals surface area (Å²) in [6, 6.07) is 63.3. The second-order valence-electron chi connectivity index (χ2n) is 14.5. The van der Waals surface area contributed by atoms with Crippen LogP contribution in [0.2, 0.25) is 0 Å². The Labute approximate surface area is 329 Å². The summed E-state index contributed by atoms with van der Waals surface area (Å²) in [6.07, 6.45) is 4.08. The number of aromatic nitrogens is 2. The molecule has 0 aliphatic carbocycles. The maximum absolute atomic E-state index is 6.22. The summed E-state index contributed by atoms with van der Waals surface area (Å²) < 4.78 is 6.22. The van der Waals surface area contributed by atoms with Gasteiger partial charge in [-0.1, -0.05) is 133 Å². The molecule has 3 aromatic heterocycles. The minimum absolute atomic E-state index is 0.287. The van der Waals surface area contributed by atoms with E-state index in [4.69, 9.17) is 19.4 Å². The van der Waals surface area contributed by atoms with Gasteiger partial charge >= 0.3 is 0 Å². The minimum atomic E-state index is -0.287. The standard InChI is InChI=1S/C52H34N4O/c1-3-10-33(11-4-1)34-17-19-35(20-18-34)46-32-47(56-52(55-46)38-12-5-2-6-13-38)42-29-40(39-24-26-49-44(31-39)43-15-7-8-16-48(43)57-49)28-41(30-42)45-25-23-37-22-21-36-14-9-27-53-50(36)51(37)54-45/h1-32,47H,(H,55,56). The maximum Gasteiger partial charge on any atom is 0.135 e. The molecule has 0 bridgehead atoms. The molecule has 4 heterocycles. The van der Waals surface area contributed by atoms with Crippen molar-refractivity contribution in [3.05, 3.63) is 211 Å². The molecule has 1 N–H and O–H groups in total. The second-order valence-corrected chi connectivity index (χ2v) is 14.5. The topological polar surface area (TPSA) is 63.3 Å². The first-order chi connectivity index (χ1) is 28.2. The fourth-order valence-corrected chi connectivity index (χ4v) is 8.02. The summed E-state index contributed by atoms with van der Waals surface area (Å²) in [7, 11) is 0. The average molecular weight is 731 g/mol. The number of para-hydroxylation sites is 1. The van der Waals surface area contributed by atoms with Crippen molar-refractivity contribution < 1.29 is 4.42 Å². The smallest absolute Gasteiger partial charge is 0.135 e. The quantitative estimate of drug-likeness (QED) is 0.173. The molecule has 0 amide bonds. The number of furan rings is 1. The average Bonchev–Trinajstić information content (AvgIpc) is 3.67. The molecule has 1 atom stereocenters. The summed E-state index contributed by atoms with van der Waals surface area (Å²) in [6.45, 7) is 0. The molecule has 268 valence electrons. The predicted molar refractivity (Wildman–Crippen MR) is 234 cm³/mol. The first-order valence-electron chi connectivity index (χ1n) is 19.2. The zero-order valence-corrected chi connectivity index (χ0v) is 30.8. The van der Waals surface area contributed by atoms with Crippen molar-refractivity contribution in [1.82, 2.24) is 15.3 Å². The van der Waals surface area contributed by atoms with Crippen molar-refractivity contribution in [3.8, 4) is 33.5 Å². The number of amidine groups is 1. The number of pyridine rings is 2. The van der Waals surface area contributed by atoms with E-state index in [0.29, 0.717) is 0 Å². The van der Waals surface area contributed by atoms with Crippen LogP contribution in [0.3, 0.4) is 0 Å². The Hall–Kier alpha value is -7.63. The molecule has 5 heteroatoms. The van der Waals surface area contributed by atoms with Gasteiger partial charge in [0.15, 0.2) is 0 Å².